The van der Waals surface area contributed by atoms with Crippen molar-refractivity contribution in [2.45, 2.75) is 60.0 Å². The second-order valence-corrected chi connectivity index (χ2v) is 5.79. The van der Waals surface area contributed by atoms with Crippen LogP contribution in [0.3, 0.4) is 0 Å². The van der Waals surface area contributed by atoms with Crippen LogP contribution in [0.15, 0.2) is 0 Å². The summed E-state index contributed by atoms with van der Waals surface area (Å²) >= 11 is 0. The molecule has 0 aromatic rings. The molecular weight excluding hydrogens is 288 g/mol. The highest BCUT2D eigenvalue weighted by Gasteiger charge is 2.34. The van der Waals surface area contributed by atoms with Crippen LogP contribution in [-0.4, -0.2) is 36.7 Å². The molecule has 0 aliphatic heterocycles. The first-order valence-corrected chi connectivity index (χ1v) is 7.65. The minimum absolute atomic E-state index is 0.0346. The molecule has 0 heterocycles. The van der Waals surface area contributed by atoms with E-state index in [0.29, 0.717) is 6.42 Å². The van der Waals surface area contributed by atoms with E-state index in [4.69, 9.17) is 14.2 Å². The van der Waals surface area contributed by atoms with E-state index in [-0.39, 0.29) is 31.5 Å². The van der Waals surface area contributed by atoms with Gasteiger partial charge in [-0.3, -0.25) is 14.4 Å². The molecule has 0 aliphatic rings. The molecule has 0 radical (unpaired) electrons. The quantitative estimate of drug-likeness (QED) is 0.480. The molecule has 0 saturated carbocycles. The highest BCUT2D eigenvalue weighted by Crippen LogP contribution is 2.29. The Hall–Kier alpha value is -1.59. The molecule has 0 aliphatic carbocycles. The van der Waals surface area contributed by atoms with Crippen LogP contribution in [0.4, 0.5) is 0 Å². The summed E-state index contributed by atoms with van der Waals surface area (Å²) < 4.78 is 15.2. The van der Waals surface area contributed by atoms with Crippen LogP contribution in [-0.2, 0) is 28.6 Å². The molecule has 0 aromatic heterocycles. The summed E-state index contributed by atoms with van der Waals surface area (Å²) in [6.45, 7) is 10.7. The third kappa shape index (κ3) is 7.43. The molecule has 22 heavy (non-hydrogen) atoms. The fraction of sp³-hybridized carbons (Fsp3) is 0.812. The highest BCUT2D eigenvalue weighted by atomic mass is 16.6. The number of hydrogen-bond acceptors (Lipinski definition) is 6. The van der Waals surface area contributed by atoms with Gasteiger partial charge in [-0.25, -0.2) is 0 Å². The molecule has 0 N–H and O–H groups in total. The van der Waals surface area contributed by atoms with E-state index in [2.05, 4.69) is 0 Å². The zero-order valence-corrected chi connectivity index (χ0v) is 14.4. The van der Waals surface area contributed by atoms with E-state index in [9.17, 15) is 14.4 Å². The Labute approximate surface area is 132 Å². The van der Waals surface area contributed by atoms with Crippen LogP contribution in [0.2, 0.25) is 0 Å². The first kappa shape index (κ1) is 20.4. The lowest BCUT2D eigenvalue weighted by molar-refractivity contribution is -0.162. The van der Waals surface area contributed by atoms with Crippen LogP contribution < -0.4 is 0 Å². The summed E-state index contributed by atoms with van der Waals surface area (Å²) in [7, 11) is 0. The largest absolute Gasteiger partial charge is 0.466 e. The predicted octanol–water partition coefficient (Wildman–Crippen LogP) is 2.49. The van der Waals surface area contributed by atoms with E-state index < -0.39 is 23.5 Å². The lowest BCUT2D eigenvalue weighted by Crippen LogP contribution is -2.37. The molecule has 0 fully saturated rings. The molecule has 0 amide bonds. The standard InChI is InChI=1S/C16H28O6/c1-7-20-14(18)10-13(15(19)21-8-2)9-11(3)16(5,6)22-12(4)17/h11,13H,7-10H2,1-6H3. The normalized spacial score (nSPS) is 13.9. The van der Waals surface area contributed by atoms with Gasteiger partial charge in [-0.1, -0.05) is 6.92 Å². The fourth-order valence-corrected chi connectivity index (χ4v) is 2.13. The van der Waals surface area contributed by atoms with Crippen molar-refractivity contribution in [2.75, 3.05) is 13.2 Å². The summed E-state index contributed by atoms with van der Waals surface area (Å²) in [5.41, 5.74) is -0.731. The zero-order valence-electron chi connectivity index (χ0n) is 14.4. The van der Waals surface area contributed by atoms with Crippen molar-refractivity contribution in [3.63, 3.8) is 0 Å². The molecule has 0 rings (SSSR count). The Morgan fingerprint density at radius 2 is 1.59 bits per heavy atom. The van der Waals surface area contributed by atoms with Gasteiger partial charge < -0.3 is 14.2 Å². The van der Waals surface area contributed by atoms with Gasteiger partial charge in [0.15, 0.2) is 0 Å². The fourth-order valence-electron chi connectivity index (χ4n) is 2.13. The average Bonchev–Trinajstić information content (AvgIpc) is 2.36. The first-order chi connectivity index (χ1) is 10.1. The monoisotopic (exact) mass is 316 g/mol. The van der Waals surface area contributed by atoms with Crippen LogP contribution in [0.25, 0.3) is 0 Å². The van der Waals surface area contributed by atoms with Crippen molar-refractivity contribution in [2.24, 2.45) is 11.8 Å². The van der Waals surface area contributed by atoms with E-state index >= 15 is 0 Å². The van der Waals surface area contributed by atoms with Gasteiger partial charge in [-0.15, -0.1) is 0 Å². The number of esters is 3. The summed E-state index contributed by atoms with van der Waals surface area (Å²) in [5, 5.41) is 0. The Morgan fingerprint density at radius 1 is 1.05 bits per heavy atom. The van der Waals surface area contributed by atoms with Crippen molar-refractivity contribution in [3.05, 3.63) is 0 Å². The Balaban J connectivity index is 4.91. The van der Waals surface area contributed by atoms with Gasteiger partial charge in [0.25, 0.3) is 0 Å². The molecule has 0 saturated heterocycles. The van der Waals surface area contributed by atoms with E-state index in [1.54, 1.807) is 27.7 Å². The van der Waals surface area contributed by atoms with Crippen LogP contribution in [0.5, 0.6) is 0 Å². The summed E-state index contributed by atoms with van der Waals surface area (Å²) in [6, 6.07) is 0. The molecule has 0 aromatic carbocycles. The maximum Gasteiger partial charge on any atom is 0.309 e. The summed E-state index contributed by atoms with van der Waals surface area (Å²) in [5.74, 6) is -1.97. The van der Waals surface area contributed by atoms with Crippen molar-refractivity contribution >= 4 is 17.9 Å². The van der Waals surface area contributed by atoms with Crippen molar-refractivity contribution in [3.8, 4) is 0 Å². The SMILES string of the molecule is CCOC(=O)CC(CC(C)C(C)(C)OC(C)=O)C(=O)OCC. The lowest BCUT2D eigenvalue weighted by Gasteiger charge is -2.32. The summed E-state index contributed by atoms with van der Waals surface area (Å²) in [6.07, 6.45) is 0.338. The smallest absolute Gasteiger partial charge is 0.309 e. The predicted molar refractivity (Wildman–Crippen MR) is 81.0 cm³/mol. The molecule has 0 bridgehead atoms. The molecule has 6 nitrogen and oxygen atoms in total. The maximum absolute atomic E-state index is 12.0. The second kappa shape index (κ2) is 9.43. The molecule has 2 unspecified atom stereocenters. The van der Waals surface area contributed by atoms with E-state index in [1.807, 2.05) is 6.92 Å². The molecule has 6 heteroatoms. The zero-order chi connectivity index (χ0) is 17.3. The average molecular weight is 316 g/mol. The third-order valence-electron chi connectivity index (χ3n) is 3.57. The number of carbonyl (C=O) groups is 3. The van der Waals surface area contributed by atoms with Gasteiger partial charge in [-0.2, -0.15) is 0 Å². The van der Waals surface area contributed by atoms with Gasteiger partial charge in [-0.05, 0) is 40.0 Å². The Kier molecular flexibility index (Phi) is 8.75. The minimum Gasteiger partial charge on any atom is -0.466 e. The van der Waals surface area contributed by atoms with Crippen molar-refractivity contribution < 1.29 is 28.6 Å². The Bertz CT molecular complexity index is 388. The lowest BCUT2D eigenvalue weighted by atomic mass is 9.83. The van der Waals surface area contributed by atoms with Crippen LogP contribution in [0.1, 0.15) is 54.4 Å². The van der Waals surface area contributed by atoms with Gasteiger partial charge in [0, 0.05) is 6.92 Å². The molecular formula is C16H28O6. The van der Waals surface area contributed by atoms with Crippen LogP contribution in [0, 0.1) is 11.8 Å². The van der Waals surface area contributed by atoms with E-state index in [0.717, 1.165) is 0 Å². The van der Waals surface area contributed by atoms with Crippen molar-refractivity contribution in [1.82, 2.24) is 0 Å². The van der Waals surface area contributed by atoms with E-state index in [1.165, 1.54) is 6.92 Å². The molecule has 128 valence electrons. The highest BCUT2D eigenvalue weighted by molar-refractivity contribution is 5.80. The van der Waals surface area contributed by atoms with Gasteiger partial charge >= 0.3 is 17.9 Å². The maximum atomic E-state index is 12.0. The third-order valence-corrected chi connectivity index (χ3v) is 3.57. The van der Waals surface area contributed by atoms with Crippen molar-refractivity contribution in [1.29, 1.82) is 0 Å². The van der Waals surface area contributed by atoms with Gasteiger partial charge in [0.05, 0.1) is 25.6 Å². The Morgan fingerprint density at radius 3 is 2.05 bits per heavy atom. The first-order valence-electron chi connectivity index (χ1n) is 7.65. The summed E-state index contributed by atoms with van der Waals surface area (Å²) in [4.78, 5) is 34.8. The minimum atomic E-state index is -0.731. The number of ether oxygens (including phenoxy) is 3. The van der Waals surface area contributed by atoms with Gasteiger partial charge in [0.1, 0.15) is 5.60 Å². The number of carbonyl (C=O) groups excluding carboxylic acids is 3. The van der Waals surface area contributed by atoms with Gasteiger partial charge in [0.2, 0.25) is 0 Å². The molecule has 0 spiro atoms. The molecule has 2 atom stereocenters. The number of rotatable bonds is 9. The second-order valence-electron chi connectivity index (χ2n) is 5.79. The van der Waals surface area contributed by atoms with Crippen LogP contribution >= 0.6 is 0 Å². The number of hydrogen-bond donors (Lipinski definition) is 0. The topological polar surface area (TPSA) is 78.9 Å².